The Hall–Kier alpha value is -0.970. The molecule has 1 saturated heterocycles. The molecule has 0 aromatic heterocycles. The first kappa shape index (κ1) is 21.3. The fraction of sp³-hybridized carbons (Fsp3) is 0.588. The maximum absolute atomic E-state index is 13.3. The van der Waals surface area contributed by atoms with E-state index in [0.717, 1.165) is 0 Å². The first-order valence-corrected chi connectivity index (χ1v) is 12.3. The molecule has 1 fully saturated rings. The number of ether oxygens (including phenoxy) is 1. The molecule has 146 valence electrons. The van der Waals surface area contributed by atoms with E-state index in [4.69, 9.17) is 18.3 Å². The summed E-state index contributed by atoms with van der Waals surface area (Å²) < 4.78 is 48.5. The fourth-order valence-electron chi connectivity index (χ4n) is 3.07. The summed E-state index contributed by atoms with van der Waals surface area (Å²) in [6, 6.07) is 8.48. The van der Waals surface area contributed by atoms with E-state index in [9.17, 15) is 13.9 Å². The van der Waals surface area contributed by atoms with Gasteiger partial charge in [-0.25, -0.2) is 4.79 Å². The summed E-state index contributed by atoms with van der Waals surface area (Å²) in [7, 11) is -7.14. The lowest BCUT2D eigenvalue weighted by atomic mass is 10.2. The second-order valence-corrected chi connectivity index (χ2v) is 11.0. The Morgan fingerprint density at radius 3 is 2.27 bits per heavy atom. The molecule has 1 aliphatic rings. The van der Waals surface area contributed by atoms with Crippen LogP contribution in [0.1, 0.15) is 37.6 Å². The van der Waals surface area contributed by atoms with Crippen molar-refractivity contribution in [3.63, 3.8) is 0 Å². The molecular weight excluding hydrogens is 378 g/mol. The predicted molar refractivity (Wildman–Crippen MR) is 99.0 cm³/mol. The van der Waals surface area contributed by atoms with Crippen molar-refractivity contribution < 1.29 is 32.2 Å². The topological polar surface area (TPSA) is 88.1 Å². The quantitative estimate of drug-likeness (QED) is 0.442. The Bertz CT molecular complexity index is 682. The van der Waals surface area contributed by atoms with E-state index in [1.165, 1.54) is 0 Å². The highest BCUT2D eigenvalue weighted by atomic mass is 31.2. The maximum Gasteiger partial charge on any atom is 0.347 e. The van der Waals surface area contributed by atoms with Gasteiger partial charge in [0.1, 0.15) is 6.10 Å². The van der Waals surface area contributed by atoms with Crippen molar-refractivity contribution in [1.29, 1.82) is 0 Å². The maximum atomic E-state index is 13.3. The SMILES string of the molecule is CCOP1(=O)CCC(OC(=O)c2ccccc2)C1P(=O)(OCC)OCC. The molecule has 3 atom stereocenters. The zero-order valence-electron chi connectivity index (χ0n) is 15.3. The van der Waals surface area contributed by atoms with E-state index in [2.05, 4.69) is 0 Å². The lowest BCUT2D eigenvalue weighted by molar-refractivity contribution is 0.0320. The minimum Gasteiger partial charge on any atom is -0.457 e. The smallest absolute Gasteiger partial charge is 0.347 e. The molecule has 0 radical (unpaired) electrons. The monoisotopic (exact) mass is 404 g/mol. The summed E-state index contributed by atoms with van der Waals surface area (Å²) in [4.78, 5) is 12.4. The highest BCUT2D eigenvalue weighted by Gasteiger charge is 2.59. The number of hydrogen-bond acceptors (Lipinski definition) is 7. The van der Waals surface area contributed by atoms with Crippen LogP contribution in [0.15, 0.2) is 30.3 Å². The van der Waals surface area contributed by atoms with E-state index in [0.29, 0.717) is 5.56 Å². The van der Waals surface area contributed by atoms with Crippen molar-refractivity contribution >= 4 is 20.9 Å². The molecule has 0 aliphatic carbocycles. The molecule has 26 heavy (non-hydrogen) atoms. The van der Waals surface area contributed by atoms with Crippen molar-refractivity contribution in [1.82, 2.24) is 0 Å². The van der Waals surface area contributed by atoms with Crippen molar-refractivity contribution in [2.24, 2.45) is 0 Å². The molecular formula is C17H26O7P2. The van der Waals surface area contributed by atoms with Crippen LogP contribution >= 0.6 is 15.0 Å². The summed E-state index contributed by atoms with van der Waals surface area (Å²) in [6.07, 6.45) is -0.406. The standard InChI is InChI=1S/C17H26O7P2/c1-4-21-25(19)13-12-15(17(25)26(20,22-5-2)23-6-3)24-16(18)14-10-8-7-9-11-14/h7-11,15,17H,4-6,12-13H2,1-3H3. The first-order valence-electron chi connectivity index (χ1n) is 8.78. The fourth-order valence-corrected chi connectivity index (χ4v) is 9.77. The van der Waals surface area contributed by atoms with Gasteiger partial charge in [0, 0.05) is 6.16 Å². The largest absolute Gasteiger partial charge is 0.457 e. The average molecular weight is 404 g/mol. The van der Waals surface area contributed by atoms with Gasteiger partial charge in [0.2, 0.25) is 7.37 Å². The lowest BCUT2D eigenvalue weighted by Crippen LogP contribution is -2.28. The molecule has 2 rings (SSSR count). The molecule has 3 unspecified atom stereocenters. The zero-order chi connectivity index (χ0) is 19.2. The van der Waals surface area contributed by atoms with Gasteiger partial charge in [-0.2, -0.15) is 0 Å². The molecule has 0 bridgehead atoms. The lowest BCUT2D eigenvalue weighted by Gasteiger charge is -2.30. The molecule has 0 saturated carbocycles. The zero-order valence-corrected chi connectivity index (χ0v) is 17.1. The van der Waals surface area contributed by atoms with Crippen LogP contribution in [-0.2, 0) is 27.4 Å². The van der Waals surface area contributed by atoms with Crippen molar-refractivity contribution in [2.45, 2.75) is 38.7 Å². The van der Waals surface area contributed by atoms with Gasteiger partial charge in [0.05, 0.1) is 25.4 Å². The molecule has 1 aromatic carbocycles. The van der Waals surface area contributed by atoms with Gasteiger partial charge in [-0.3, -0.25) is 9.13 Å². The third-order valence-corrected chi connectivity index (χ3v) is 10.9. The Labute approximate surface area is 154 Å². The average Bonchev–Trinajstić information content (AvgIpc) is 2.93. The first-order chi connectivity index (χ1) is 12.4. The molecule has 1 aliphatic heterocycles. The van der Waals surface area contributed by atoms with Crippen LogP contribution in [0.3, 0.4) is 0 Å². The summed E-state index contributed by atoms with van der Waals surface area (Å²) in [5.41, 5.74) is 0.368. The molecule has 0 N–H and O–H groups in total. The van der Waals surface area contributed by atoms with Crippen LogP contribution in [0.4, 0.5) is 0 Å². The van der Waals surface area contributed by atoms with Crippen LogP contribution in [-0.4, -0.2) is 43.5 Å². The van der Waals surface area contributed by atoms with E-state index in [1.807, 2.05) is 0 Å². The van der Waals surface area contributed by atoms with Gasteiger partial charge in [-0.15, -0.1) is 0 Å². The predicted octanol–water partition coefficient (Wildman–Crippen LogP) is 4.52. The molecule has 9 heteroatoms. The molecule has 1 aromatic rings. The number of carbonyl (C=O) groups excluding carboxylic acids is 1. The van der Waals surface area contributed by atoms with E-state index in [1.54, 1.807) is 51.1 Å². The van der Waals surface area contributed by atoms with Gasteiger partial charge in [0.15, 0.2) is 5.40 Å². The highest BCUT2D eigenvalue weighted by molar-refractivity contribution is 7.75. The molecule has 0 amide bonds. The second kappa shape index (κ2) is 9.29. The van der Waals surface area contributed by atoms with Crippen molar-refractivity contribution in [3.05, 3.63) is 35.9 Å². The van der Waals surface area contributed by atoms with Crippen LogP contribution in [0.25, 0.3) is 0 Å². The summed E-state index contributed by atoms with van der Waals surface area (Å²) >= 11 is 0. The highest BCUT2D eigenvalue weighted by Crippen LogP contribution is 2.74. The van der Waals surface area contributed by atoms with Crippen LogP contribution in [0, 0.1) is 0 Å². The second-order valence-electron chi connectivity index (χ2n) is 5.75. The summed E-state index contributed by atoms with van der Waals surface area (Å²) in [5, 5.41) is -1.11. The van der Waals surface area contributed by atoms with Crippen LogP contribution in [0.2, 0.25) is 0 Å². The Balaban J connectivity index is 2.33. The van der Waals surface area contributed by atoms with Crippen molar-refractivity contribution in [3.8, 4) is 0 Å². The van der Waals surface area contributed by atoms with E-state index in [-0.39, 0.29) is 32.4 Å². The number of hydrogen-bond donors (Lipinski definition) is 0. The Kier molecular flexibility index (Phi) is 7.63. The number of esters is 1. The minimum absolute atomic E-state index is 0.124. The molecule has 1 heterocycles. The third-order valence-electron chi connectivity index (χ3n) is 4.02. The van der Waals surface area contributed by atoms with Crippen LogP contribution < -0.4 is 0 Å². The molecule has 0 spiro atoms. The number of carbonyl (C=O) groups is 1. The minimum atomic E-state index is -3.79. The molecule has 7 nitrogen and oxygen atoms in total. The van der Waals surface area contributed by atoms with Gasteiger partial charge in [-0.1, -0.05) is 18.2 Å². The van der Waals surface area contributed by atoms with E-state index < -0.39 is 32.4 Å². The Morgan fingerprint density at radius 2 is 1.73 bits per heavy atom. The third kappa shape index (κ3) is 4.65. The van der Waals surface area contributed by atoms with Crippen LogP contribution in [0.5, 0.6) is 0 Å². The van der Waals surface area contributed by atoms with E-state index >= 15 is 0 Å². The van der Waals surface area contributed by atoms with Gasteiger partial charge in [-0.05, 0) is 39.3 Å². The van der Waals surface area contributed by atoms with Gasteiger partial charge >= 0.3 is 13.6 Å². The normalized spacial score (nSPS) is 26.0. The van der Waals surface area contributed by atoms with Gasteiger partial charge in [0.25, 0.3) is 0 Å². The summed E-state index contributed by atoms with van der Waals surface area (Å²) in [5.74, 6) is -0.565. The van der Waals surface area contributed by atoms with Gasteiger partial charge < -0.3 is 18.3 Å². The number of rotatable bonds is 9. The summed E-state index contributed by atoms with van der Waals surface area (Å²) in [6.45, 7) is 5.52. The number of benzene rings is 1. The Morgan fingerprint density at radius 1 is 1.12 bits per heavy atom. The van der Waals surface area contributed by atoms with Crippen molar-refractivity contribution in [2.75, 3.05) is 26.0 Å².